The van der Waals surface area contributed by atoms with E-state index in [0.29, 0.717) is 26.2 Å². The summed E-state index contributed by atoms with van der Waals surface area (Å²) in [5.41, 5.74) is 7.69. The third kappa shape index (κ3) is 2.61. The molecule has 5 heteroatoms. The number of rotatable bonds is 1. The number of hydrogen-bond acceptors (Lipinski definition) is 3. The molecule has 0 spiro atoms. The smallest absolute Gasteiger partial charge is 0.219 e. The molecule has 0 bridgehead atoms. The quantitative estimate of drug-likeness (QED) is 0.858. The van der Waals surface area contributed by atoms with Crippen LogP contribution in [0.2, 0.25) is 0 Å². The van der Waals surface area contributed by atoms with Crippen LogP contribution in [-0.4, -0.2) is 24.0 Å². The molecule has 1 aliphatic rings. The fourth-order valence-corrected chi connectivity index (χ4v) is 2.53. The van der Waals surface area contributed by atoms with Crippen LogP contribution in [0.5, 0.6) is 5.75 Å². The summed E-state index contributed by atoms with van der Waals surface area (Å²) < 4.78 is 6.67. The Morgan fingerprint density at radius 1 is 1.59 bits per heavy atom. The average Bonchev–Trinajstić information content (AvgIpc) is 2.49. The maximum absolute atomic E-state index is 11.4. The fourth-order valence-electron chi connectivity index (χ4n) is 1.98. The minimum absolute atomic E-state index is 0.0655. The van der Waals surface area contributed by atoms with Gasteiger partial charge in [-0.05, 0) is 12.1 Å². The molecular formula is C12H15BrN2O2. The first-order chi connectivity index (χ1) is 8.11. The van der Waals surface area contributed by atoms with Gasteiger partial charge in [-0.2, -0.15) is 0 Å². The highest BCUT2D eigenvalue weighted by molar-refractivity contribution is 9.10. The number of nitrogens with two attached hydrogens (primary N) is 1. The Morgan fingerprint density at radius 3 is 3.00 bits per heavy atom. The third-order valence-corrected chi connectivity index (χ3v) is 3.30. The topological polar surface area (TPSA) is 55.6 Å². The Labute approximate surface area is 109 Å². The van der Waals surface area contributed by atoms with E-state index in [1.807, 2.05) is 12.1 Å². The fraction of sp³-hybridized carbons (Fsp3) is 0.417. The van der Waals surface area contributed by atoms with Gasteiger partial charge in [0.05, 0.1) is 6.54 Å². The van der Waals surface area contributed by atoms with Gasteiger partial charge in [0.15, 0.2) is 0 Å². The Kier molecular flexibility index (Phi) is 3.69. The maximum atomic E-state index is 11.4. The van der Waals surface area contributed by atoms with Crippen molar-refractivity contribution < 1.29 is 9.53 Å². The number of fused-ring (bicyclic) bond motifs is 1. The summed E-state index contributed by atoms with van der Waals surface area (Å²) in [5, 5.41) is 0. The van der Waals surface area contributed by atoms with Gasteiger partial charge in [-0.1, -0.05) is 15.9 Å². The first-order valence-electron chi connectivity index (χ1n) is 5.51. The van der Waals surface area contributed by atoms with Crippen LogP contribution in [0, 0.1) is 0 Å². The van der Waals surface area contributed by atoms with E-state index in [1.54, 1.807) is 11.8 Å². The number of amides is 1. The molecule has 0 radical (unpaired) electrons. The summed E-state index contributed by atoms with van der Waals surface area (Å²) in [6.45, 7) is 3.72. The van der Waals surface area contributed by atoms with Crippen molar-refractivity contribution in [2.75, 3.05) is 13.2 Å². The van der Waals surface area contributed by atoms with Crippen molar-refractivity contribution in [3.05, 3.63) is 27.7 Å². The number of halogens is 1. The predicted octanol–water partition coefficient (Wildman–Crippen LogP) is 1.65. The minimum Gasteiger partial charge on any atom is -0.491 e. The van der Waals surface area contributed by atoms with E-state index >= 15 is 0 Å². The zero-order chi connectivity index (χ0) is 12.4. The second-order valence-corrected chi connectivity index (χ2v) is 4.96. The molecule has 0 aromatic heterocycles. The van der Waals surface area contributed by atoms with Crippen molar-refractivity contribution in [3.63, 3.8) is 0 Å². The summed E-state index contributed by atoms with van der Waals surface area (Å²) >= 11 is 3.45. The Bertz CT molecular complexity index is 448. The van der Waals surface area contributed by atoms with Crippen LogP contribution >= 0.6 is 15.9 Å². The van der Waals surface area contributed by atoms with Crippen LogP contribution in [0.15, 0.2) is 16.6 Å². The largest absolute Gasteiger partial charge is 0.491 e. The lowest BCUT2D eigenvalue weighted by atomic mass is 10.1. The molecule has 0 saturated carbocycles. The first kappa shape index (κ1) is 12.4. The summed E-state index contributed by atoms with van der Waals surface area (Å²) in [5.74, 6) is 0.898. The molecular weight excluding hydrogens is 284 g/mol. The van der Waals surface area contributed by atoms with E-state index in [2.05, 4.69) is 15.9 Å². The predicted molar refractivity (Wildman–Crippen MR) is 68.6 cm³/mol. The van der Waals surface area contributed by atoms with Gasteiger partial charge in [-0.25, -0.2) is 0 Å². The molecule has 4 nitrogen and oxygen atoms in total. The van der Waals surface area contributed by atoms with Crippen molar-refractivity contribution in [2.45, 2.75) is 20.0 Å². The highest BCUT2D eigenvalue weighted by atomic mass is 79.9. The second kappa shape index (κ2) is 5.06. The molecule has 0 saturated heterocycles. The van der Waals surface area contributed by atoms with Gasteiger partial charge in [0, 0.05) is 35.6 Å². The lowest BCUT2D eigenvalue weighted by Crippen LogP contribution is -2.30. The summed E-state index contributed by atoms with van der Waals surface area (Å²) in [6.07, 6.45) is 0. The lowest BCUT2D eigenvalue weighted by molar-refractivity contribution is -0.129. The van der Waals surface area contributed by atoms with Crippen molar-refractivity contribution in [1.82, 2.24) is 4.90 Å². The third-order valence-electron chi connectivity index (χ3n) is 2.84. The van der Waals surface area contributed by atoms with Crippen LogP contribution < -0.4 is 10.5 Å². The van der Waals surface area contributed by atoms with E-state index in [-0.39, 0.29) is 5.91 Å². The molecule has 1 amide bonds. The van der Waals surface area contributed by atoms with E-state index in [4.69, 9.17) is 10.5 Å². The molecule has 0 unspecified atom stereocenters. The van der Waals surface area contributed by atoms with Crippen molar-refractivity contribution >= 4 is 21.8 Å². The molecule has 17 heavy (non-hydrogen) atoms. The Balaban J connectivity index is 2.41. The molecule has 0 atom stereocenters. The molecule has 1 aliphatic heterocycles. The van der Waals surface area contributed by atoms with Gasteiger partial charge in [0.1, 0.15) is 12.4 Å². The zero-order valence-corrected chi connectivity index (χ0v) is 11.3. The van der Waals surface area contributed by atoms with Crippen LogP contribution in [0.3, 0.4) is 0 Å². The van der Waals surface area contributed by atoms with Gasteiger partial charge in [-0.3, -0.25) is 4.79 Å². The highest BCUT2D eigenvalue weighted by Gasteiger charge is 2.19. The number of nitrogens with zero attached hydrogens (tertiary/aromatic N) is 1. The SMILES string of the molecule is CC(=O)N1CCOc2c(CN)cc(Br)cc2C1. The summed E-state index contributed by atoms with van der Waals surface area (Å²) in [7, 11) is 0. The van der Waals surface area contributed by atoms with Gasteiger partial charge in [0.25, 0.3) is 0 Å². The number of benzene rings is 1. The number of ether oxygens (including phenoxy) is 1. The minimum atomic E-state index is 0.0655. The monoisotopic (exact) mass is 298 g/mol. The molecule has 1 aromatic rings. The normalized spacial score (nSPS) is 14.9. The lowest BCUT2D eigenvalue weighted by Gasteiger charge is -2.17. The highest BCUT2D eigenvalue weighted by Crippen LogP contribution is 2.31. The molecule has 1 heterocycles. The molecule has 92 valence electrons. The molecule has 1 aromatic carbocycles. The zero-order valence-electron chi connectivity index (χ0n) is 9.70. The maximum Gasteiger partial charge on any atom is 0.219 e. The van der Waals surface area contributed by atoms with Crippen LogP contribution in [-0.2, 0) is 17.9 Å². The van der Waals surface area contributed by atoms with Gasteiger partial charge >= 0.3 is 0 Å². The Morgan fingerprint density at radius 2 is 2.35 bits per heavy atom. The van der Waals surface area contributed by atoms with E-state index in [1.165, 1.54) is 0 Å². The second-order valence-electron chi connectivity index (χ2n) is 4.05. The summed E-state index contributed by atoms with van der Waals surface area (Å²) in [4.78, 5) is 13.2. The van der Waals surface area contributed by atoms with Gasteiger partial charge < -0.3 is 15.4 Å². The Hall–Kier alpha value is -1.07. The number of carbonyl (C=O) groups excluding carboxylic acids is 1. The van der Waals surface area contributed by atoms with Crippen molar-refractivity contribution in [3.8, 4) is 5.75 Å². The van der Waals surface area contributed by atoms with E-state index in [0.717, 1.165) is 21.3 Å². The van der Waals surface area contributed by atoms with Gasteiger partial charge in [-0.15, -0.1) is 0 Å². The molecule has 2 N–H and O–H groups in total. The van der Waals surface area contributed by atoms with E-state index < -0.39 is 0 Å². The van der Waals surface area contributed by atoms with Crippen molar-refractivity contribution in [2.24, 2.45) is 5.73 Å². The van der Waals surface area contributed by atoms with Crippen LogP contribution in [0.4, 0.5) is 0 Å². The van der Waals surface area contributed by atoms with E-state index in [9.17, 15) is 4.79 Å². The molecule has 0 aliphatic carbocycles. The molecule has 0 fully saturated rings. The summed E-state index contributed by atoms with van der Waals surface area (Å²) in [6, 6.07) is 3.94. The molecule has 2 rings (SSSR count). The van der Waals surface area contributed by atoms with Gasteiger partial charge in [0.2, 0.25) is 5.91 Å². The van der Waals surface area contributed by atoms with Crippen LogP contribution in [0.25, 0.3) is 0 Å². The van der Waals surface area contributed by atoms with Crippen LogP contribution in [0.1, 0.15) is 18.1 Å². The van der Waals surface area contributed by atoms with Crippen molar-refractivity contribution in [1.29, 1.82) is 0 Å². The number of hydrogen-bond donors (Lipinski definition) is 1. The first-order valence-corrected chi connectivity index (χ1v) is 6.31. The number of carbonyl (C=O) groups is 1. The average molecular weight is 299 g/mol. The standard InChI is InChI=1S/C12H15BrN2O2/c1-8(16)15-2-3-17-12-9(6-14)4-11(13)5-10(12)7-15/h4-5H,2-3,6-7,14H2,1H3.